The van der Waals surface area contributed by atoms with Crippen LogP contribution in [-0.2, 0) is 36.6 Å². The highest BCUT2D eigenvalue weighted by Gasteiger charge is 2.09. The first-order valence-electron chi connectivity index (χ1n) is 18.8. The van der Waals surface area contributed by atoms with Gasteiger partial charge in [-0.05, 0) is 79.1 Å². The van der Waals surface area contributed by atoms with Gasteiger partial charge in [-0.25, -0.2) is 4.79 Å². The Bertz CT molecular complexity index is 1400. The summed E-state index contributed by atoms with van der Waals surface area (Å²) in [6, 6.07) is 23.4. The molecule has 0 unspecified atom stereocenters. The van der Waals surface area contributed by atoms with Crippen LogP contribution in [0.3, 0.4) is 0 Å². The number of hydrogen-bond donors (Lipinski definition) is 0. The summed E-state index contributed by atoms with van der Waals surface area (Å²) in [6.07, 6.45) is 12.3. The summed E-state index contributed by atoms with van der Waals surface area (Å²) in [5.41, 5.74) is 5.33. The monoisotopic (exact) mass is 702 g/mol. The van der Waals surface area contributed by atoms with E-state index in [9.17, 15) is 4.79 Å². The topological polar surface area (TPSA) is 81.7 Å². The molecule has 0 spiro atoms. The van der Waals surface area contributed by atoms with E-state index in [1.807, 2.05) is 6.07 Å². The molecule has 0 atom stereocenters. The highest BCUT2D eigenvalue weighted by Crippen LogP contribution is 2.30. The Hall–Kier alpha value is -3.85. The molecule has 0 saturated carbocycles. The zero-order valence-corrected chi connectivity index (χ0v) is 30.7. The van der Waals surface area contributed by atoms with Gasteiger partial charge in [0.05, 0.1) is 52.9 Å². The van der Waals surface area contributed by atoms with Crippen molar-refractivity contribution >= 4 is 5.97 Å². The lowest BCUT2D eigenvalue weighted by molar-refractivity contribution is -0.139. The van der Waals surface area contributed by atoms with Crippen LogP contribution in [0.4, 0.5) is 0 Å². The lowest BCUT2D eigenvalue weighted by Crippen LogP contribution is -2.13. The van der Waals surface area contributed by atoms with Gasteiger partial charge in [0.2, 0.25) is 0 Å². The number of unbranched alkanes of at least 4 members (excludes halogenated alkanes) is 8. The smallest absolute Gasteiger partial charge is 0.333 e. The number of carbonyl (C=O) groups excluding carboxylic acids is 1. The van der Waals surface area contributed by atoms with Gasteiger partial charge in [0.25, 0.3) is 0 Å². The lowest BCUT2D eigenvalue weighted by atomic mass is 10.00. The molecule has 278 valence electrons. The summed E-state index contributed by atoms with van der Waals surface area (Å²) in [4.78, 5) is 11.4. The van der Waals surface area contributed by atoms with E-state index in [4.69, 9.17) is 33.2 Å². The second-order valence-electron chi connectivity index (χ2n) is 13.0. The van der Waals surface area contributed by atoms with Crippen LogP contribution in [0.5, 0.6) is 17.2 Å². The van der Waals surface area contributed by atoms with Crippen LogP contribution in [0.15, 0.2) is 78.9 Å². The summed E-state index contributed by atoms with van der Waals surface area (Å²) in [7, 11) is 0. The molecule has 1 aliphatic rings. The lowest BCUT2D eigenvalue weighted by Gasteiger charge is -2.14. The van der Waals surface area contributed by atoms with E-state index in [2.05, 4.69) is 67.2 Å². The minimum Gasteiger partial charge on any atom is -0.494 e. The average Bonchev–Trinajstić information content (AvgIpc) is 3.16. The third kappa shape index (κ3) is 16.4. The van der Waals surface area contributed by atoms with Crippen LogP contribution in [0, 0.1) is 0 Å². The predicted octanol–water partition coefficient (Wildman–Crippen LogP) is 8.97. The molecule has 8 heteroatoms. The Morgan fingerprint density at radius 2 is 1.04 bits per heavy atom. The number of hydrogen-bond acceptors (Lipinski definition) is 8. The average molecular weight is 703 g/mol. The molecule has 8 nitrogen and oxygen atoms in total. The van der Waals surface area contributed by atoms with E-state index >= 15 is 0 Å². The van der Waals surface area contributed by atoms with Gasteiger partial charge in [0.1, 0.15) is 19.0 Å². The first kappa shape index (κ1) is 39.9. The zero-order chi connectivity index (χ0) is 35.8. The Balaban J connectivity index is 1.10. The third-order valence-corrected chi connectivity index (χ3v) is 8.71. The molecular weight excluding hydrogens is 644 g/mol. The van der Waals surface area contributed by atoms with E-state index in [0.29, 0.717) is 65.0 Å². The van der Waals surface area contributed by atoms with Crippen LogP contribution in [0.25, 0.3) is 11.1 Å². The molecule has 51 heavy (non-hydrogen) atoms. The van der Waals surface area contributed by atoms with Crippen LogP contribution in [0.2, 0.25) is 0 Å². The fourth-order valence-corrected chi connectivity index (χ4v) is 5.72. The number of benzene rings is 3. The molecule has 0 bridgehead atoms. The largest absolute Gasteiger partial charge is 0.494 e. The van der Waals surface area contributed by atoms with Crippen molar-refractivity contribution in [2.45, 2.75) is 77.6 Å². The molecule has 0 amide bonds. The van der Waals surface area contributed by atoms with Gasteiger partial charge < -0.3 is 33.2 Å². The molecule has 0 N–H and O–H groups in total. The molecule has 0 fully saturated rings. The van der Waals surface area contributed by atoms with Gasteiger partial charge in [-0.2, -0.15) is 0 Å². The molecule has 0 aliphatic carbocycles. The summed E-state index contributed by atoms with van der Waals surface area (Å²) in [5.74, 6) is 2.10. The quantitative estimate of drug-likeness (QED) is 0.0739. The van der Waals surface area contributed by atoms with E-state index < -0.39 is 0 Å². The number of ether oxygens (including phenoxy) is 7. The summed E-state index contributed by atoms with van der Waals surface area (Å²) < 4.78 is 39.8. The van der Waals surface area contributed by atoms with Crippen LogP contribution >= 0.6 is 0 Å². The highest BCUT2D eigenvalue weighted by atomic mass is 16.6. The van der Waals surface area contributed by atoms with Crippen molar-refractivity contribution in [1.82, 2.24) is 0 Å². The summed E-state index contributed by atoms with van der Waals surface area (Å²) >= 11 is 0. The minimum atomic E-state index is -0.283. The molecule has 0 aromatic heterocycles. The fraction of sp³-hybridized carbons (Fsp3) is 0.512. The van der Waals surface area contributed by atoms with Crippen molar-refractivity contribution < 1.29 is 38.0 Å². The van der Waals surface area contributed by atoms with Crippen molar-refractivity contribution in [2.75, 3.05) is 66.1 Å². The van der Waals surface area contributed by atoms with Gasteiger partial charge in [0, 0.05) is 5.57 Å². The van der Waals surface area contributed by atoms with E-state index in [-0.39, 0.29) is 5.97 Å². The molecular formula is C43H58O8. The van der Waals surface area contributed by atoms with Crippen LogP contribution in [0.1, 0.15) is 75.8 Å². The molecule has 4 rings (SSSR count). The Labute approximate surface area is 305 Å². The normalized spacial score (nSPS) is 14.2. The van der Waals surface area contributed by atoms with Gasteiger partial charge in [-0.3, -0.25) is 0 Å². The number of fused-ring (bicyclic) bond motifs is 1. The minimum absolute atomic E-state index is 0.283. The maximum absolute atomic E-state index is 11.4. The molecule has 1 heterocycles. The number of esters is 1. The number of rotatable bonds is 18. The second-order valence-corrected chi connectivity index (χ2v) is 13.0. The van der Waals surface area contributed by atoms with Crippen molar-refractivity contribution in [2.24, 2.45) is 0 Å². The standard InChI is InChI=1S/C43H58O8/c1-35(2)43(44)51-25-11-9-7-5-3-4-6-8-10-24-48-40-21-19-39(20-22-40)38-17-14-36(15-18-38)12-13-37-16-23-41-42(34-37)50-33-31-47-29-27-45-26-28-46-30-32-49-41/h14-23,34H,1,3-13,24-33H2,2H3. The molecule has 3 aromatic carbocycles. The van der Waals surface area contributed by atoms with Gasteiger partial charge in [-0.1, -0.05) is 94.0 Å². The Morgan fingerprint density at radius 3 is 1.63 bits per heavy atom. The van der Waals surface area contributed by atoms with Crippen molar-refractivity contribution in [3.63, 3.8) is 0 Å². The first-order chi connectivity index (χ1) is 25.1. The number of aryl methyl sites for hydroxylation is 2. The van der Waals surface area contributed by atoms with Gasteiger partial charge in [-0.15, -0.1) is 0 Å². The van der Waals surface area contributed by atoms with Crippen LogP contribution < -0.4 is 14.2 Å². The first-order valence-corrected chi connectivity index (χ1v) is 18.8. The van der Waals surface area contributed by atoms with Crippen LogP contribution in [-0.4, -0.2) is 72.0 Å². The Kier molecular flexibility index (Phi) is 19.1. The molecule has 0 radical (unpaired) electrons. The third-order valence-electron chi connectivity index (χ3n) is 8.71. The molecule has 0 saturated heterocycles. The zero-order valence-electron chi connectivity index (χ0n) is 30.7. The SMILES string of the molecule is C=C(C)C(=O)OCCCCCCCCCCCOc1ccc(-c2ccc(CCc3ccc4c(c3)OCCOCCOCCOCCO4)cc2)cc1. The summed E-state index contributed by atoms with van der Waals surface area (Å²) in [5, 5.41) is 0. The maximum Gasteiger partial charge on any atom is 0.333 e. The van der Waals surface area contributed by atoms with Crippen molar-refractivity contribution in [3.8, 4) is 28.4 Å². The molecule has 3 aromatic rings. The van der Waals surface area contributed by atoms with E-state index in [0.717, 1.165) is 56.0 Å². The second kappa shape index (κ2) is 24.4. The van der Waals surface area contributed by atoms with Crippen molar-refractivity contribution in [1.29, 1.82) is 0 Å². The Morgan fingerprint density at radius 1 is 0.569 bits per heavy atom. The predicted molar refractivity (Wildman–Crippen MR) is 202 cm³/mol. The molecule has 1 aliphatic heterocycles. The van der Waals surface area contributed by atoms with Crippen molar-refractivity contribution in [3.05, 3.63) is 90.0 Å². The highest BCUT2D eigenvalue weighted by molar-refractivity contribution is 5.86. The summed E-state index contributed by atoms with van der Waals surface area (Å²) in [6.45, 7) is 10.6. The van der Waals surface area contributed by atoms with Gasteiger partial charge in [0.15, 0.2) is 11.5 Å². The fourth-order valence-electron chi connectivity index (χ4n) is 5.72. The van der Waals surface area contributed by atoms with E-state index in [1.165, 1.54) is 60.8 Å². The van der Waals surface area contributed by atoms with Gasteiger partial charge >= 0.3 is 5.97 Å². The number of carbonyl (C=O) groups is 1. The maximum atomic E-state index is 11.4. The van der Waals surface area contributed by atoms with E-state index in [1.54, 1.807) is 6.92 Å².